The van der Waals surface area contributed by atoms with E-state index >= 15 is 0 Å². The van der Waals surface area contributed by atoms with Crippen molar-refractivity contribution in [3.05, 3.63) is 29.8 Å². The SMILES string of the molecule is CC(C)CNc1cccc(C(=O)NCCO)c1. The van der Waals surface area contributed by atoms with E-state index in [4.69, 9.17) is 5.11 Å². The zero-order valence-corrected chi connectivity index (χ0v) is 10.4. The molecule has 0 saturated heterocycles. The van der Waals surface area contributed by atoms with E-state index in [0.29, 0.717) is 11.5 Å². The monoisotopic (exact) mass is 236 g/mol. The lowest BCUT2D eigenvalue weighted by molar-refractivity contribution is 0.0945. The van der Waals surface area contributed by atoms with Crippen molar-refractivity contribution in [3.63, 3.8) is 0 Å². The number of rotatable bonds is 6. The maximum Gasteiger partial charge on any atom is 0.251 e. The molecule has 1 aromatic rings. The van der Waals surface area contributed by atoms with Crippen molar-refractivity contribution in [2.45, 2.75) is 13.8 Å². The average molecular weight is 236 g/mol. The second-order valence-electron chi connectivity index (χ2n) is 4.34. The molecular formula is C13H20N2O2. The highest BCUT2D eigenvalue weighted by Crippen LogP contribution is 2.11. The van der Waals surface area contributed by atoms with Gasteiger partial charge in [-0.05, 0) is 24.1 Å². The Labute approximate surface area is 102 Å². The van der Waals surface area contributed by atoms with Gasteiger partial charge in [0.2, 0.25) is 0 Å². The third-order valence-electron chi connectivity index (χ3n) is 2.24. The van der Waals surface area contributed by atoms with E-state index in [0.717, 1.165) is 12.2 Å². The summed E-state index contributed by atoms with van der Waals surface area (Å²) in [5.41, 5.74) is 1.54. The Hall–Kier alpha value is -1.55. The topological polar surface area (TPSA) is 61.4 Å². The van der Waals surface area contributed by atoms with Crippen LogP contribution in [0.25, 0.3) is 0 Å². The third kappa shape index (κ3) is 4.87. The highest BCUT2D eigenvalue weighted by atomic mass is 16.3. The first-order valence-electron chi connectivity index (χ1n) is 5.86. The molecule has 94 valence electrons. The van der Waals surface area contributed by atoms with E-state index in [-0.39, 0.29) is 19.1 Å². The van der Waals surface area contributed by atoms with Gasteiger partial charge in [-0.25, -0.2) is 0 Å². The van der Waals surface area contributed by atoms with Gasteiger partial charge in [-0.15, -0.1) is 0 Å². The minimum atomic E-state index is -0.160. The second-order valence-corrected chi connectivity index (χ2v) is 4.34. The molecule has 1 rings (SSSR count). The molecule has 0 radical (unpaired) electrons. The van der Waals surface area contributed by atoms with E-state index in [1.165, 1.54) is 0 Å². The number of aliphatic hydroxyl groups is 1. The van der Waals surface area contributed by atoms with Crippen molar-refractivity contribution in [2.75, 3.05) is 25.0 Å². The van der Waals surface area contributed by atoms with Gasteiger partial charge in [-0.3, -0.25) is 4.79 Å². The molecule has 1 aromatic carbocycles. The number of hydrogen-bond donors (Lipinski definition) is 3. The van der Waals surface area contributed by atoms with Crippen LogP contribution in [0.2, 0.25) is 0 Å². The van der Waals surface area contributed by atoms with Gasteiger partial charge in [0.25, 0.3) is 5.91 Å². The van der Waals surface area contributed by atoms with Crippen molar-refractivity contribution in [2.24, 2.45) is 5.92 Å². The standard InChI is InChI=1S/C13H20N2O2/c1-10(2)9-15-12-5-3-4-11(8-12)13(17)14-6-7-16/h3-5,8,10,15-16H,6-7,9H2,1-2H3,(H,14,17). The number of anilines is 1. The maximum atomic E-state index is 11.6. The Morgan fingerprint density at radius 1 is 1.41 bits per heavy atom. The molecule has 0 atom stereocenters. The number of carbonyl (C=O) groups is 1. The van der Waals surface area contributed by atoms with Crippen LogP contribution in [-0.2, 0) is 0 Å². The maximum absolute atomic E-state index is 11.6. The Balaban J connectivity index is 2.61. The van der Waals surface area contributed by atoms with Crippen LogP contribution in [0.5, 0.6) is 0 Å². The van der Waals surface area contributed by atoms with Crippen molar-refractivity contribution < 1.29 is 9.90 Å². The second kappa shape index (κ2) is 6.91. The Bertz CT molecular complexity index is 364. The highest BCUT2D eigenvalue weighted by molar-refractivity contribution is 5.95. The molecule has 0 heterocycles. The zero-order chi connectivity index (χ0) is 12.7. The molecule has 0 aromatic heterocycles. The first-order valence-corrected chi connectivity index (χ1v) is 5.86. The largest absolute Gasteiger partial charge is 0.395 e. The molecule has 0 unspecified atom stereocenters. The molecule has 4 nitrogen and oxygen atoms in total. The van der Waals surface area contributed by atoms with E-state index < -0.39 is 0 Å². The molecule has 0 aliphatic heterocycles. The van der Waals surface area contributed by atoms with E-state index in [2.05, 4.69) is 24.5 Å². The molecule has 0 aliphatic rings. The van der Waals surface area contributed by atoms with Gasteiger partial charge in [-0.2, -0.15) is 0 Å². The average Bonchev–Trinajstić information content (AvgIpc) is 2.33. The summed E-state index contributed by atoms with van der Waals surface area (Å²) in [6.07, 6.45) is 0. The summed E-state index contributed by atoms with van der Waals surface area (Å²) in [5, 5.41) is 14.5. The van der Waals surface area contributed by atoms with Gasteiger partial charge < -0.3 is 15.7 Å². The van der Waals surface area contributed by atoms with Crippen LogP contribution in [-0.4, -0.2) is 30.7 Å². The Morgan fingerprint density at radius 3 is 2.82 bits per heavy atom. The van der Waals surface area contributed by atoms with Crippen LogP contribution in [0.3, 0.4) is 0 Å². The lowest BCUT2D eigenvalue weighted by Gasteiger charge is -2.10. The summed E-state index contributed by atoms with van der Waals surface area (Å²) in [5.74, 6) is 0.397. The van der Waals surface area contributed by atoms with Crippen molar-refractivity contribution in [3.8, 4) is 0 Å². The van der Waals surface area contributed by atoms with Gasteiger partial charge in [-0.1, -0.05) is 19.9 Å². The molecule has 17 heavy (non-hydrogen) atoms. The predicted octanol–water partition coefficient (Wildman–Crippen LogP) is 1.48. The van der Waals surface area contributed by atoms with Gasteiger partial charge >= 0.3 is 0 Å². The fraction of sp³-hybridized carbons (Fsp3) is 0.462. The van der Waals surface area contributed by atoms with Crippen molar-refractivity contribution >= 4 is 11.6 Å². The van der Waals surface area contributed by atoms with Gasteiger partial charge in [0.05, 0.1) is 6.61 Å². The lowest BCUT2D eigenvalue weighted by atomic mass is 10.1. The van der Waals surface area contributed by atoms with Crippen LogP contribution in [0.4, 0.5) is 5.69 Å². The fourth-order valence-corrected chi connectivity index (χ4v) is 1.36. The molecule has 1 amide bonds. The van der Waals surface area contributed by atoms with Crippen LogP contribution >= 0.6 is 0 Å². The number of benzene rings is 1. The lowest BCUT2D eigenvalue weighted by Crippen LogP contribution is -2.26. The van der Waals surface area contributed by atoms with Crippen LogP contribution in [0.15, 0.2) is 24.3 Å². The molecule has 0 saturated carbocycles. The number of nitrogens with one attached hydrogen (secondary N) is 2. The Kier molecular flexibility index (Phi) is 5.49. The van der Waals surface area contributed by atoms with Crippen molar-refractivity contribution in [1.82, 2.24) is 5.32 Å². The van der Waals surface area contributed by atoms with Crippen LogP contribution in [0.1, 0.15) is 24.2 Å². The molecule has 0 fully saturated rings. The summed E-state index contributed by atoms with van der Waals surface area (Å²) < 4.78 is 0. The highest BCUT2D eigenvalue weighted by Gasteiger charge is 2.05. The number of hydrogen-bond acceptors (Lipinski definition) is 3. The smallest absolute Gasteiger partial charge is 0.251 e. The van der Waals surface area contributed by atoms with Gasteiger partial charge in [0.15, 0.2) is 0 Å². The predicted molar refractivity (Wildman–Crippen MR) is 69.2 cm³/mol. The van der Waals surface area contributed by atoms with Crippen molar-refractivity contribution in [1.29, 1.82) is 0 Å². The summed E-state index contributed by atoms with van der Waals surface area (Å²) in [7, 11) is 0. The molecule has 3 N–H and O–H groups in total. The van der Waals surface area contributed by atoms with Gasteiger partial charge in [0.1, 0.15) is 0 Å². The van der Waals surface area contributed by atoms with Crippen LogP contribution in [0, 0.1) is 5.92 Å². The number of aliphatic hydroxyl groups excluding tert-OH is 1. The summed E-state index contributed by atoms with van der Waals surface area (Å²) in [6, 6.07) is 7.35. The zero-order valence-electron chi connectivity index (χ0n) is 10.4. The molecule has 0 aliphatic carbocycles. The van der Waals surface area contributed by atoms with E-state index in [1.54, 1.807) is 6.07 Å². The third-order valence-corrected chi connectivity index (χ3v) is 2.24. The van der Waals surface area contributed by atoms with Crippen LogP contribution < -0.4 is 10.6 Å². The first kappa shape index (κ1) is 13.5. The summed E-state index contributed by atoms with van der Waals surface area (Å²) in [4.78, 5) is 11.6. The molecule has 0 spiro atoms. The van der Waals surface area contributed by atoms with E-state index in [9.17, 15) is 4.79 Å². The number of carbonyl (C=O) groups excluding carboxylic acids is 1. The summed E-state index contributed by atoms with van der Waals surface area (Å²) in [6.45, 7) is 5.37. The number of amides is 1. The van der Waals surface area contributed by atoms with E-state index in [1.807, 2.05) is 18.2 Å². The normalized spacial score (nSPS) is 10.4. The quantitative estimate of drug-likeness (QED) is 0.701. The minimum Gasteiger partial charge on any atom is -0.395 e. The Morgan fingerprint density at radius 2 is 2.18 bits per heavy atom. The fourth-order valence-electron chi connectivity index (χ4n) is 1.36. The minimum absolute atomic E-state index is 0.0446. The molecule has 4 heteroatoms. The summed E-state index contributed by atoms with van der Waals surface area (Å²) >= 11 is 0. The molecular weight excluding hydrogens is 216 g/mol. The first-order chi connectivity index (χ1) is 8.13. The molecule has 0 bridgehead atoms. The van der Waals surface area contributed by atoms with Gasteiger partial charge in [0, 0.05) is 24.3 Å².